The molecule has 30 heavy (non-hydrogen) atoms. The second kappa shape index (κ2) is 9.04. The molecule has 3 aromatic heterocycles. The first-order valence-electron chi connectivity index (χ1n) is 9.82. The molecule has 0 aliphatic carbocycles. The molecule has 0 spiro atoms. The third-order valence-electron chi connectivity index (χ3n) is 4.59. The van der Waals surface area contributed by atoms with Crippen LogP contribution in [0.3, 0.4) is 0 Å². The van der Waals surface area contributed by atoms with E-state index in [1.54, 1.807) is 19.5 Å². The van der Waals surface area contributed by atoms with Gasteiger partial charge in [-0.25, -0.2) is 0 Å². The number of nitrogens with zero attached hydrogens (tertiary/aromatic N) is 4. The molecule has 0 bridgehead atoms. The molecule has 154 valence electrons. The van der Waals surface area contributed by atoms with Gasteiger partial charge >= 0.3 is 0 Å². The van der Waals surface area contributed by atoms with Gasteiger partial charge in [-0.3, -0.25) is 9.78 Å². The molecule has 3 heterocycles. The molecule has 0 saturated carbocycles. The zero-order valence-corrected chi connectivity index (χ0v) is 17.7. The average molecular weight is 423 g/mol. The predicted molar refractivity (Wildman–Crippen MR) is 117 cm³/mol. The highest BCUT2D eigenvalue weighted by Crippen LogP contribution is 2.28. The van der Waals surface area contributed by atoms with Crippen molar-refractivity contribution in [3.8, 4) is 22.9 Å². The fourth-order valence-corrected chi connectivity index (χ4v) is 3.94. The fraction of sp³-hybridized carbons (Fsp3) is 0.273. The highest BCUT2D eigenvalue weighted by Gasteiger charge is 2.12. The molecular weight excluding hydrogens is 400 g/mol. The quantitative estimate of drug-likeness (QED) is 0.405. The Labute approximate surface area is 177 Å². The van der Waals surface area contributed by atoms with Gasteiger partial charge < -0.3 is 9.47 Å². The summed E-state index contributed by atoms with van der Waals surface area (Å²) in [6.45, 7) is 2.82. The Kier molecular flexibility index (Phi) is 6.04. The summed E-state index contributed by atoms with van der Waals surface area (Å²) in [5.74, 6) is 1.84. The zero-order valence-electron chi connectivity index (χ0n) is 16.9. The van der Waals surface area contributed by atoms with Crippen molar-refractivity contribution in [2.45, 2.75) is 26.2 Å². The van der Waals surface area contributed by atoms with Crippen LogP contribution in [0.2, 0.25) is 0 Å². The summed E-state index contributed by atoms with van der Waals surface area (Å²) in [5, 5.41) is 4.34. The van der Waals surface area contributed by atoms with Crippen LogP contribution in [-0.4, -0.2) is 33.3 Å². The number of benzene rings is 1. The minimum atomic E-state index is -0.198. The average Bonchev–Trinajstić information content (AvgIpc) is 3.32. The number of ether oxygens (including phenoxy) is 2. The monoisotopic (exact) mass is 422 g/mol. The third-order valence-corrected chi connectivity index (χ3v) is 5.55. The van der Waals surface area contributed by atoms with Crippen LogP contribution in [0.5, 0.6) is 11.5 Å². The lowest BCUT2D eigenvalue weighted by Gasteiger charge is -2.11. The van der Waals surface area contributed by atoms with Gasteiger partial charge in [0.25, 0.3) is 5.56 Å². The van der Waals surface area contributed by atoms with E-state index < -0.39 is 0 Å². The Morgan fingerprint density at radius 3 is 2.83 bits per heavy atom. The van der Waals surface area contributed by atoms with Crippen molar-refractivity contribution in [3.05, 3.63) is 63.2 Å². The van der Waals surface area contributed by atoms with Gasteiger partial charge in [0.15, 0.2) is 17.3 Å². The molecule has 0 atom stereocenters. The summed E-state index contributed by atoms with van der Waals surface area (Å²) in [6, 6.07) is 9.33. The van der Waals surface area contributed by atoms with Gasteiger partial charge in [0.2, 0.25) is 4.96 Å². The minimum Gasteiger partial charge on any atom is -0.493 e. The van der Waals surface area contributed by atoms with E-state index in [1.165, 1.54) is 15.9 Å². The Morgan fingerprint density at radius 1 is 1.20 bits per heavy atom. The SMILES string of the molecule is CCCCCOc1ccc(C=c2sc3nc(-c4cccnc4)nn3c2=O)cc1OC. The molecule has 0 fully saturated rings. The first-order chi connectivity index (χ1) is 14.7. The van der Waals surface area contributed by atoms with Crippen LogP contribution in [0, 0.1) is 0 Å². The summed E-state index contributed by atoms with van der Waals surface area (Å²) < 4.78 is 13.2. The summed E-state index contributed by atoms with van der Waals surface area (Å²) in [6.07, 6.45) is 8.47. The van der Waals surface area contributed by atoms with Gasteiger partial charge in [0, 0.05) is 18.0 Å². The van der Waals surface area contributed by atoms with E-state index in [2.05, 4.69) is 22.0 Å². The summed E-state index contributed by atoms with van der Waals surface area (Å²) in [4.78, 5) is 21.9. The van der Waals surface area contributed by atoms with Gasteiger partial charge in [-0.05, 0) is 42.3 Å². The standard InChI is InChI=1S/C22H22N4O3S/c1-3-4-5-11-29-17-9-8-15(12-18(17)28-2)13-19-21(27)26-22(30-19)24-20(25-26)16-7-6-10-23-14-16/h6-10,12-14H,3-5,11H2,1-2H3. The lowest BCUT2D eigenvalue weighted by Crippen LogP contribution is -2.23. The van der Waals surface area contributed by atoms with Gasteiger partial charge in [-0.15, -0.1) is 5.10 Å². The molecule has 0 amide bonds. The molecule has 4 rings (SSSR count). The number of hydrogen-bond donors (Lipinski definition) is 0. The smallest absolute Gasteiger partial charge is 0.291 e. The molecule has 0 unspecified atom stereocenters. The van der Waals surface area contributed by atoms with Crippen LogP contribution in [0.15, 0.2) is 47.5 Å². The van der Waals surface area contributed by atoms with Crippen molar-refractivity contribution in [1.29, 1.82) is 0 Å². The molecule has 0 saturated heterocycles. The lowest BCUT2D eigenvalue weighted by atomic mass is 10.2. The Morgan fingerprint density at radius 2 is 2.10 bits per heavy atom. The Hall–Kier alpha value is -3.26. The van der Waals surface area contributed by atoms with E-state index in [4.69, 9.17) is 9.47 Å². The van der Waals surface area contributed by atoms with Crippen LogP contribution < -0.4 is 19.6 Å². The predicted octanol–water partition coefficient (Wildman–Crippen LogP) is 3.34. The number of unbranched alkanes of at least 4 members (excludes halogenated alkanes) is 2. The highest BCUT2D eigenvalue weighted by atomic mass is 32.1. The Bertz CT molecular complexity index is 1250. The molecule has 1 aromatic carbocycles. The first-order valence-corrected chi connectivity index (χ1v) is 10.6. The van der Waals surface area contributed by atoms with Crippen molar-refractivity contribution in [3.63, 3.8) is 0 Å². The van der Waals surface area contributed by atoms with Crippen LogP contribution in [0.1, 0.15) is 31.7 Å². The van der Waals surface area contributed by atoms with E-state index in [0.717, 1.165) is 30.4 Å². The van der Waals surface area contributed by atoms with Crippen molar-refractivity contribution in [1.82, 2.24) is 19.6 Å². The molecule has 8 heteroatoms. The van der Waals surface area contributed by atoms with Crippen molar-refractivity contribution in [2.24, 2.45) is 0 Å². The maximum Gasteiger partial charge on any atom is 0.291 e. The number of thiazole rings is 1. The molecular formula is C22H22N4O3S. The topological polar surface area (TPSA) is 78.6 Å². The summed E-state index contributed by atoms with van der Waals surface area (Å²) in [5.41, 5.74) is 1.43. The maximum atomic E-state index is 12.8. The van der Waals surface area contributed by atoms with Gasteiger partial charge in [0.05, 0.1) is 18.2 Å². The van der Waals surface area contributed by atoms with E-state index in [-0.39, 0.29) is 5.56 Å². The first kappa shape index (κ1) is 20.0. The lowest BCUT2D eigenvalue weighted by molar-refractivity contribution is 0.286. The number of rotatable bonds is 8. The second-order valence-corrected chi connectivity index (χ2v) is 7.76. The number of methoxy groups -OCH3 is 1. The second-order valence-electron chi connectivity index (χ2n) is 6.75. The molecule has 0 radical (unpaired) electrons. The van der Waals surface area contributed by atoms with Crippen molar-refractivity contribution < 1.29 is 9.47 Å². The number of hydrogen-bond acceptors (Lipinski definition) is 7. The van der Waals surface area contributed by atoms with Gasteiger partial charge in [-0.1, -0.05) is 37.2 Å². The zero-order chi connectivity index (χ0) is 20.9. The van der Waals surface area contributed by atoms with Crippen molar-refractivity contribution in [2.75, 3.05) is 13.7 Å². The van der Waals surface area contributed by atoms with Crippen LogP contribution in [0.4, 0.5) is 0 Å². The maximum absolute atomic E-state index is 12.8. The highest BCUT2D eigenvalue weighted by molar-refractivity contribution is 7.15. The molecule has 0 N–H and O–H groups in total. The summed E-state index contributed by atoms with van der Waals surface area (Å²) in [7, 11) is 1.61. The minimum absolute atomic E-state index is 0.198. The van der Waals surface area contributed by atoms with Crippen molar-refractivity contribution >= 4 is 22.4 Å². The van der Waals surface area contributed by atoms with E-state index in [9.17, 15) is 4.79 Å². The molecule has 7 nitrogen and oxygen atoms in total. The largest absolute Gasteiger partial charge is 0.493 e. The van der Waals surface area contributed by atoms with E-state index in [0.29, 0.717) is 33.4 Å². The van der Waals surface area contributed by atoms with Crippen LogP contribution >= 0.6 is 11.3 Å². The number of pyridine rings is 1. The summed E-state index contributed by atoms with van der Waals surface area (Å²) >= 11 is 1.30. The number of fused-ring (bicyclic) bond motifs is 1. The molecule has 4 aromatic rings. The fourth-order valence-electron chi connectivity index (χ4n) is 3.03. The molecule has 0 aliphatic heterocycles. The van der Waals surface area contributed by atoms with Gasteiger partial charge in [0.1, 0.15) is 0 Å². The third kappa shape index (κ3) is 4.18. The van der Waals surface area contributed by atoms with E-state index >= 15 is 0 Å². The van der Waals surface area contributed by atoms with Crippen LogP contribution in [0.25, 0.3) is 22.4 Å². The van der Waals surface area contributed by atoms with E-state index in [1.807, 2.05) is 36.4 Å². The molecule has 0 aliphatic rings. The van der Waals surface area contributed by atoms with Gasteiger partial charge in [-0.2, -0.15) is 9.50 Å². The van der Waals surface area contributed by atoms with Crippen LogP contribution in [-0.2, 0) is 0 Å². The normalized spacial score (nSPS) is 11.9. The Balaban J connectivity index is 1.62. The number of aromatic nitrogens is 4.